The van der Waals surface area contributed by atoms with Crippen molar-refractivity contribution in [1.29, 1.82) is 0 Å². The summed E-state index contributed by atoms with van der Waals surface area (Å²) < 4.78 is 7.34. The molecule has 1 saturated heterocycles. The molecule has 0 N–H and O–H groups in total. The van der Waals surface area contributed by atoms with Gasteiger partial charge in [0.15, 0.2) is 0 Å². The summed E-state index contributed by atoms with van der Waals surface area (Å²) in [5, 5.41) is 7.78. The van der Waals surface area contributed by atoms with Gasteiger partial charge in [0.2, 0.25) is 0 Å². The van der Waals surface area contributed by atoms with Gasteiger partial charge in [-0.15, -0.1) is 5.10 Å². The Kier molecular flexibility index (Phi) is 3.83. The molecule has 2 heterocycles. The normalized spacial score (nSPS) is 21.4. The number of rotatable bonds is 4. The van der Waals surface area contributed by atoms with Crippen molar-refractivity contribution in [2.45, 2.75) is 25.4 Å². The van der Waals surface area contributed by atoms with Crippen molar-refractivity contribution in [2.75, 3.05) is 19.8 Å². The smallest absolute Gasteiger partial charge is 0.254 e. The van der Waals surface area contributed by atoms with Crippen LogP contribution < -0.4 is 0 Å². The number of ether oxygens (including phenoxy) is 1. The van der Waals surface area contributed by atoms with Gasteiger partial charge in [-0.25, -0.2) is 4.68 Å². The van der Waals surface area contributed by atoms with Gasteiger partial charge in [0, 0.05) is 18.3 Å². The van der Waals surface area contributed by atoms with Crippen molar-refractivity contribution in [1.82, 2.24) is 19.9 Å². The lowest BCUT2D eigenvalue weighted by molar-refractivity contribution is -0.00834. The van der Waals surface area contributed by atoms with Crippen LogP contribution in [0.4, 0.5) is 0 Å². The number of hydrogen-bond acceptors (Lipinski definition) is 4. The van der Waals surface area contributed by atoms with Gasteiger partial charge in [-0.3, -0.25) is 4.79 Å². The van der Waals surface area contributed by atoms with E-state index in [0.717, 1.165) is 11.1 Å². The first-order valence-corrected chi connectivity index (χ1v) is 8.13. The second kappa shape index (κ2) is 6.12. The molecular formula is C17H20N4O2. The van der Waals surface area contributed by atoms with Crippen molar-refractivity contribution in [3.8, 4) is 0 Å². The monoisotopic (exact) mass is 312 g/mol. The second-order valence-electron chi connectivity index (χ2n) is 6.28. The molecule has 0 radical (unpaired) electrons. The van der Waals surface area contributed by atoms with Crippen LogP contribution in [0.15, 0.2) is 36.7 Å². The number of amides is 1. The van der Waals surface area contributed by atoms with E-state index < -0.39 is 0 Å². The van der Waals surface area contributed by atoms with E-state index in [0.29, 0.717) is 32.2 Å². The number of hydrogen-bond donors (Lipinski definition) is 0. The molecule has 2 fully saturated rings. The molecule has 23 heavy (non-hydrogen) atoms. The molecule has 1 unspecified atom stereocenters. The summed E-state index contributed by atoms with van der Waals surface area (Å²) in [6.07, 6.45) is 5.90. The molecule has 6 nitrogen and oxygen atoms in total. The molecule has 4 rings (SSSR count). The Morgan fingerprint density at radius 1 is 1.35 bits per heavy atom. The average molecular weight is 312 g/mol. The van der Waals surface area contributed by atoms with Crippen LogP contribution in [0, 0.1) is 5.92 Å². The van der Waals surface area contributed by atoms with E-state index in [-0.39, 0.29) is 11.9 Å². The highest BCUT2D eigenvalue weighted by atomic mass is 16.5. The molecule has 2 aromatic rings. The predicted octanol–water partition coefficient (Wildman–Crippen LogP) is 1.58. The van der Waals surface area contributed by atoms with Crippen molar-refractivity contribution < 1.29 is 9.53 Å². The molecule has 0 spiro atoms. The largest absolute Gasteiger partial charge is 0.377 e. The van der Waals surface area contributed by atoms with Gasteiger partial charge in [0.25, 0.3) is 5.91 Å². The van der Waals surface area contributed by atoms with E-state index in [4.69, 9.17) is 4.74 Å². The van der Waals surface area contributed by atoms with Crippen molar-refractivity contribution in [2.24, 2.45) is 5.92 Å². The molecule has 1 amide bonds. The zero-order chi connectivity index (χ0) is 15.6. The van der Waals surface area contributed by atoms with Gasteiger partial charge in [-0.2, -0.15) is 0 Å². The minimum Gasteiger partial charge on any atom is -0.377 e. The van der Waals surface area contributed by atoms with E-state index in [1.54, 1.807) is 10.9 Å². The summed E-state index contributed by atoms with van der Waals surface area (Å²) >= 11 is 0. The van der Waals surface area contributed by atoms with E-state index >= 15 is 0 Å². The standard InChI is InChI=1S/C17H20N4O2/c22-17(21-8-9-23-12-16(21)14-4-5-14)15-3-1-2-13(10-15)11-20-7-6-18-19-20/h1-3,6-7,10,14,16H,4-5,8-9,11-12H2. The van der Waals surface area contributed by atoms with Gasteiger partial charge in [0.05, 0.1) is 32.0 Å². The first-order valence-electron chi connectivity index (χ1n) is 8.13. The van der Waals surface area contributed by atoms with Crippen LogP contribution in [-0.2, 0) is 11.3 Å². The molecule has 1 atom stereocenters. The fourth-order valence-electron chi connectivity index (χ4n) is 3.22. The molecule has 1 saturated carbocycles. The molecule has 2 aliphatic rings. The lowest BCUT2D eigenvalue weighted by Crippen LogP contribution is -2.49. The number of benzene rings is 1. The van der Waals surface area contributed by atoms with Crippen LogP contribution in [0.3, 0.4) is 0 Å². The van der Waals surface area contributed by atoms with Crippen molar-refractivity contribution in [3.63, 3.8) is 0 Å². The Hall–Kier alpha value is -2.21. The third-order valence-corrected chi connectivity index (χ3v) is 4.58. The van der Waals surface area contributed by atoms with Crippen LogP contribution in [0.25, 0.3) is 0 Å². The van der Waals surface area contributed by atoms with Gasteiger partial charge in [0.1, 0.15) is 0 Å². The van der Waals surface area contributed by atoms with Crippen LogP contribution in [-0.4, -0.2) is 51.6 Å². The Balaban J connectivity index is 1.53. The van der Waals surface area contributed by atoms with Crippen LogP contribution in [0.5, 0.6) is 0 Å². The fourth-order valence-corrected chi connectivity index (χ4v) is 3.22. The summed E-state index contributed by atoms with van der Waals surface area (Å²) in [6, 6.07) is 8.05. The summed E-state index contributed by atoms with van der Waals surface area (Å²) in [4.78, 5) is 14.9. The minimum absolute atomic E-state index is 0.116. The maximum Gasteiger partial charge on any atom is 0.254 e. The second-order valence-corrected chi connectivity index (χ2v) is 6.28. The maximum absolute atomic E-state index is 12.9. The third kappa shape index (κ3) is 3.12. The number of nitrogens with zero attached hydrogens (tertiary/aromatic N) is 4. The van der Waals surface area contributed by atoms with Crippen LogP contribution in [0.1, 0.15) is 28.8 Å². The summed E-state index contributed by atoms with van der Waals surface area (Å²) in [7, 11) is 0. The molecule has 1 aromatic heterocycles. The Morgan fingerprint density at radius 2 is 2.26 bits per heavy atom. The highest BCUT2D eigenvalue weighted by Gasteiger charge is 2.39. The zero-order valence-corrected chi connectivity index (χ0v) is 13.0. The first-order chi connectivity index (χ1) is 11.3. The average Bonchev–Trinajstić information content (AvgIpc) is 3.32. The van der Waals surface area contributed by atoms with E-state index in [2.05, 4.69) is 10.3 Å². The SMILES string of the molecule is O=C(c1cccc(Cn2ccnn2)c1)N1CCOCC1C1CC1. The van der Waals surface area contributed by atoms with E-state index in [9.17, 15) is 4.79 Å². The molecule has 120 valence electrons. The molecule has 1 aromatic carbocycles. The highest BCUT2D eigenvalue weighted by Crippen LogP contribution is 2.37. The van der Waals surface area contributed by atoms with Crippen molar-refractivity contribution >= 4 is 5.91 Å². The van der Waals surface area contributed by atoms with Crippen molar-refractivity contribution in [3.05, 3.63) is 47.8 Å². The summed E-state index contributed by atoms with van der Waals surface area (Å²) in [6.45, 7) is 2.62. The van der Waals surface area contributed by atoms with Crippen LogP contribution in [0.2, 0.25) is 0 Å². The van der Waals surface area contributed by atoms with Gasteiger partial charge >= 0.3 is 0 Å². The number of carbonyl (C=O) groups excluding carboxylic acids is 1. The quantitative estimate of drug-likeness (QED) is 0.860. The summed E-state index contributed by atoms with van der Waals surface area (Å²) in [5.41, 5.74) is 1.80. The number of aromatic nitrogens is 3. The molecule has 1 aliphatic heterocycles. The third-order valence-electron chi connectivity index (χ3n) is 4.58. The zero-order valence-electron chi connectivity index (χ0n) is 13.0. The Bertz CT molecular complexity index is 682. The lowest BCUT2D eigenvalue weighted by Gasteiger charge is -2.36. The molecular weight excluding hydrogens is 292 g/mol. The maximum atomic E-state index is 12.9. The van der Waals surface area contributed by atoms with E-state index in [1.807, 2.05) is 35.4 Å². The number of carbonyl (C=O) groups is 1. The lowest BCUT2D eigenvalue weighted by atomic mass is 10.1. The predicted molar refractivity (Wildman–Crippen MR) is 83.9 cm³/mol. The molecule has 6 heteroatoms. The topological polar surface area (TPSA) is 60.2 Å². The number of morpholine rings is 1. The molecule has 1 aliphatic carbocycles. The molecule has 0 bridgehead atoms. The minimum atomic E-state index is 0.116. The fraction of sp³-hybridized carbons (Fsp3) is 0.471. The van der Waals surface area contributed by atoms with Crippen LogP contribution >= 0.6 is 0 Å². The first kappa shape index (κ1) is 14.4. The Morgan fingerprint density at radius 3 is 3.04 bits per heavy atom. The summed E-state index contributed by atoms with van der Waals surface area (Å²) in [5.74, 6) is 0.739. The van der Waals surface area contributed by atoms with Gasteiger partial charge in [-0.1, -0.05) is 17.3 Å². The Labute approximate surface area is 135 Å². The van der Waals surface area contributed by atoms with E-state index in [1.165, 1.54) is 12.8 Å². The highest BCUT2D eigenvalue weighted by molar-refractivity contribution is 5.94. The van der Waals surface area contributed by atoms with Gasteiger partial charge < -0.3 is 9.64 Å². The van der Waals surface area contributed by atoms with Gasteiger partial charge in [-0.05, 0) is 36.5 Å².